The van der Waals surface area contributed by atoms with E-state index >= 15 is 0 Å². The molecule has 0 spiro atoms. The molecule has 0 aliphatic heterocycles. The molecule has 0 heterocycles. The summed E-state index contributed by atoms with van der Waals surface area (Å²) in [6.45, 7) is 3.63. The first kappa shape index (κ1) is 16.4. The van der Waals surface area contributed by atoms with E-state index in [2.05, 4.69) is 0 Å². The molecule has 0 aliphatic carbocycles. The third kappa shape index (κ3) is 4.45. The van der Waals surface area contributed by atoms with Gasteiger partial charge in [0.15, 0.2) is 15.6 Å². The largest absolute Gasteiger partial charge is 0.466 e. The van der Waals surface area contributed by atoms with Crippen LogP contribution in [0.5, 0.6) is 0 Å². The van der Waals surface area contributed by atoms with Crippen LogP contribution < -0.4 is 0 Å². The second kappa shape index (κ2) is 7.19. The van der Waals surface area contributed by atoms with Crippen molar-refractivity contribution in [3.05, 3.63) is 29.8 Å². The Bertz CT molecular complexity index is 572. The van der Waals surface area contributed by atoms with Crippen molar-refractivity contribution in [1.82, 2.24) is 0 Å². The number of carbonyl (C=O) groups excluding carboxylic acids is 2. The van der Waals surface area contributed by atoms with Crippen molar-refractivity contribution in [1.29, 1.82) is 0 Å². The zero-order chi connectivity index (χ0) is 15.2. The maximum atomic E-state index is 12.0. The topological polar surface area (TPSA) is 77.5 Å². The second-order valence-corrected chi connectivity index (χ2v) is 6.28. The minimum absolute atomic E-state index is 0.0412. The molecule has 5 nitrogen and oxygen atoms in total. The van der Waals surface area contributed by atoms with E-state index in [4.69, 9.17) is 4.74 Å². The maximum absolute atomic E-state index is 12.0. The van der Waals surface area contributed by atoms with Gasteiger partial charge in [-0.1, -0.05) is 19.1 Å². The highest BCUT2D eigenvalue weighted by molar-refractivity contribution is 7.91. The van der Waals surface area contributed by atoms with Gasteiger partial charge in [0.25, 0.3) is 0 Å². The Labute approximate surface area is 118 Å². The summed E-state index contributed by atoms with van der Waals surface area (Å²) >= 11 is 0. The summed E-state index contributed by atoms with van der Waals surface area (Å²) in [5.74, 6) is -0.873. The van der Waals surface area contributed by atoms with Crippen LogP contribution in [-0.2, 0) is 19.4 Å². The van der Waals surface area contributed by atoms with Crippen LogP contribution >= 0.6 is 0 Å². The Morgan fingerprint density at radius 3 is 2.20 bits per heavy atom. The average molecular weight is 298 g/mol. The first-order valence-electron chi connectivity index (χ1n) is 6.42. The highest BCUT2D eigenvalue weighted by atomic mass is 32.2. The minimum Gasteiger partial charge on any atom is -0.466 e. The van der Waals surface area contributed by atoms with Crippen LogP contribution in [0.3, 0.4) is 0 Å². The number of esters is 1. The number of Topliss-reactive ketones (excluding diaryl/α,β-unsaturated/α-hetero) is 1. The average Bonchev–Trinajstić information content (AvgIpc) is 2.45. The van der Waals surface area contributed by atoms with Crippen molar-refractivity contribution in [2.45, 2.75) is 31.6 Å². The Morgan fingerprint density at radius 1 is 1.10 bits per heavy atom. The SMILES string of the molecule is CCOC(=O)CCS(=O)(=O)c1ccc(C(=O)CC)cc1. The van der Waals surface area contributed by atoms with E-state index in [0.29, 0.717) is 12.0 Å². The molecular formula is C14H18O5S. The number of ether oxygens (including phenoxy) is 1. The molecule has 0 unspecified atom stereocenters. The Balaban J connectivity index is 2.78. The summed E-state index contributed by atoms with van der Waals surface area (Å²) in [6.07, 6.45) is 0.195. The van der Waals surface area contributed by atoms with Gasteiger partial charge in [-0.3, -0.25) is 9.59 Å². The lowest BCUT2D eigenvalue weighted by Crippen LogP contribution is -2.13. The lowest BCUT2D eigenvalue weighted by atomic mass is 10.1. The second-order valence-electron chi connectivity index (χ2n) is 4.18. The molecule has 1 aromatic carbocycles. The van der Waals surface area contributed by atoms with E-state index in [1.165, 1.54) is 24.3 Å². The molecule has 0 saturated heterocycles. The van der Waals surface area contributed by atoms with Gasteiger partial charge >= 0.3 is 5.97 Å². The summed E-state index contributed by atoms with van der Waals surface area (Å²) in [6, 6.07) is 5.76. The van der Waals surface area contributed by atoms with Gasteiger partial charge in [0, 0.05) is 12.0 Å². The van der Waals surface area contributed by atoms with Crippen LogP contribution in [-0.4, -0.2) is 32.5 Å². The van der Waals surface area contributed by atoms with Crippen molar-refractivity contribution in [2.75, 3.05) is 12.4 Å². The van der Waals surface area contributed by atoms with Crippen LogP contribution in [0.1, 0.15) is 37.0 Å². The molecule has 0 radical (unpaired) electrons. The normalized spacial score (nSPS) is 11.1. The Hall–Kier alpha value is -1.69. The van der Waals surface area contributed by atoms with Crippen molar-refractivity contribution >= 4 is 21.6 Å². The monoisotopic (exact) mass is 298 g/mol. The van der Waals surface area contributed by atoms with Crippen LogP contribution in [0, 0.1) is 0 Å². The van der Waals surface area contributed by atoms with E-state index in [1.54, 1.807) is 13.8 Å². The predicted molar refractivity (Wildman–Crippen MR) is 74.4 cm³/mol. The summed E-state index contributed by atoms with van der Waals surface area (Å²) in [5.41, 5.74) is 0.483. The third-order valence-corrected chi connectivity index (χ3v) is 4.47. The van der Waals surface area contributed by atoms with Crippen molar-refractivity contribution in [3.8, 4) is 0 Å². The maximum Gasteiger partial charge on any atom is 0.306 e. The number of ketones is 1. The number of benzene rings is 1. The molecule has 0 saturated carbocycles. The molecule has 0 fully saturated rings. The van der Waals surface area contributed by atoms with Gasteiger partial charge in [-0.2, -0.15) is 0 Å². The van der Waals surface area contributed by atoms with E-state index in [-0.39, 0.29) is 29.5 Å². The lowest BCUT2D eigenvalue weighted by molar-refractivity contribution is -0.142. The fourth-order valence-corrected chi connectivity index (χ4v) is 2.84. The molecule has 20 heavy (non-hydrogen) atoms. The number of rotatable bonds is 7. The minimum atomic E-state index is -3.53. The number of sulfone groups is 1. The van der Waals surface area contributed by atoms with Gasteiger partial charge in [0.05, 0.1) is 23.7 Å². The fraction of sp³-hybridized carbons (Fsp3) is 0.429. The summed E-state index contributed by atoms with van der Waals surface area (Å²) in [4.78, 5) is 22.7. The van der Waals surface area contributed by atoms with Crippen LogP contribution in [0.25, 0.3) is 0 Å². The fourth-order valence-electron chi connectivity index (χ4n) is 1.62. The molecular weight excluding hydrogens is 280 g/mol. The Morgan fingerprint density at radius 2 is 1.70 bits per heavy atom. The van der Waals surface area contributed by atoms with E-state index < -0.39 is 15.8 Å². The summed E-state index contributed by atoms with van der Waals surface area (Å²) in [7, 11) is -3.53. The van der Waals surface area contributed by atoms with Crippen molar-refractivity contribution in [3.63, 3.8) is 0 Å². The van der Waals surface area contributed by atoms with Crippen LogP contribution in [0.4, 0.5) is 0 Å². The molecule has 0 atom stereocenters. The zero-order valence-corrected chi connectivity index (χ0v) is 12.4. The van der Waals surface area contributed by atoms with Crippen molar-refractivity contribution < 1.29 is 22.7 Å². The molecule has 1 aromatic rings. The van der Waals surface area contributed by atoms with Gasteiger partial charge in [0.1, 0.15) is 0 Å². The Kier molecular flexibility index (Phi) is 5.88. The molecule has 6 heteroatoms. The number of hydrogen-bond donors (Lipinski definition) is 0. The van der Waals surface area contributed by atoms with Gasteiger partial charge in [-0.25, -0.2) is 8.42 Å². The molecule has 0 aliphatic rings. The molecule has 0 N–H and O–H groups in total. The van der Waals surface area contributed by atoms with Gasteiger partial charge in [-0.05, 0) is 19.1 Å². The smallest absolute Gasteiger partial charge is 0.306 e. The molecule has 0 bridgehead atoms. The highest BCUT2D eigenvalue weighted by Crippen LogP contribution is 2.14. The van der Waals surface area contributed by atoms with E-state index in [9.17, 15) is 18.0 Å². The van der Waals surface area contributed by atoms with E-state index in [0.717, 1.165) is 0 Å². The first-order valence-corrected chi connectivity index (χ1v) is 8.07. The molecule has 0 amide bonds. The standard InChI is InChI=1S/C14H18O5S/c1-3-13(15)11-5-7-12(8-6-11)20(17,18)10-9-14(16)19-4-2/h5-8H,3-4,9-10H2,1-2H3. The van der Waals surface area contributed by atoms with Gasteiger partial charge < -0.3 is 4.74 Å². The summed E-state index contributed by atoms with van der Waals surface area (Å²) < 4.78 is 28.7. The lowest BCUT2D eigenvalue weighted by Gasteiger charge is -2.05. The summed E-state index contributed by atoms with van der Waals surface area (Å²) in [5, 5.41) is 0. The molecule has 110 valence electrons. The van der Waals surface area contributed by atoms with Crippen molar-refractivity contribution in [2.24, 2.45) is 0 Å². The zero-order valence-electron chi connectivity index (χ0n) is 11.6. The number of carbonyl (C=O) groups is 2. The quantitative estimate of drug-likeness (QED) is 0.568. The van der Waals surface area contributed by atoms with Gasteiger partial charge in [-0.15, -0.1) is 0 Å². The van der Waals surface area contributed by atoms with E-state index in [1.807, 2.05) is 0 Å². The predicted octanol–water partition coefficient (Wildman–Crippen LogP) is 2.01. The highest BCUT2D eigenvalue weighted by Gasteiger charge is 2.17. The third-order valence-electron chi connectivity index (χ3n) is 2.74. The first-order chi connectivity index (χ1) is 9.40. The number of hydrogen-bond acceptors (Lipinski definition) is 5. The van der Waals surface area contributed by atoms with Crippen LogP contribution in [0.2, 0.25) is 0 Å². The molecule has 0 aromatic heterocycles. The molecule has 1 rings (SSSR count). The van der Waals surface area contributed by atoms with Gasteiger partial charge in [0.2, 0.25) is 0 Å². The van der Waals surface area contributed by atoms with Crippen LogP contribution in [0.15, 0.2) is 29.2 Å².